The van der Waals surface area contributed by atoms with Crippen molar-refractivity contribution in [2.45, 2.75) is 60.7 Å². The van der Waals surface area contributed by atoms with Crippen molar-refractivity contribution >= 4 is 35.2 Å². The first-order valence-corrected chi connectivity index (χ1v) is 15.3. The minimum absolute atomic E-state index is 0.0247. The van der Waals surface area contributed by atoms with Crippen molar-refractivity contribution in [1.82, 2.24) is 19.8 Å². The van der Waals surface area contributed by atoms with Gasteiger partial charge in [-0.25, -0.2) is 4.98 Å². The molecule has 9 N–H and O–H groups in total. The normalized spacial score (nSPS) is 10.7. The zero-order valence-electron chi connectivity index (χ0n) is 29.5. The lowest BCUT2D eigenvalue weighted by Crippen LogP contribution is -2.35. The number of ether oxygens (including phenoxy) is 1. The number of carboxylic acid groups (broad SMARTS) is 2. The Hall–Kier alpha value is -5.44. The van der Waals surface area contributed by atoms with Crippen molar-refractivity contribution in [3.05, 3.63) is 70.1 Å². The molecular formula is C34H50N8O7. The molecule has 0 unspecified atom stereocenters. The third-order valence-corrected chi connectivity index (χ3v) is 6.13. The molecule has 2 aromatic carbocycles. The first-order valence-electron chi connectivity index (χ1n) is 15.3. The Kier molecular flexibility index (Phi) is 16.5. The molecule has 0 fully saturated rings. The van der Waals surface area contributed by atoms with Crippen molar-refractivity contribution in [2.24, 2.45) is 11.1 Å². The molecule has 0 aliphatic heterocycles. The maximum absolute atomic E-state index is 13.5. The molecule has 3 rings (SSSR count). The van der Waals surface area contributed by atoms with E-state index in [0.29, 0.717) is 34.9 Å². The SMILES string of the molecule is CC(=O)O.CC(=O)O.CC(C)Nc1ncc(-c2cc(N)cc(OCC(C)(C)CN(C)C)c2)n(CC(=O)NCc2ccc(C(=N)N)cc2)c1=O. The third-order valence-electron chi connectivity index (χ3n) is 6.13. The number of nitrogens with two attached hydrogens (primary N) is 2. The van der Waals surface area contributed by atoms with E-state index in [2.05, 4.69) is 34.4 Å². The second-order valence-electron chi connectivity index (χ2n) is 12.6. The Morgan fingerprint density at radius 3 is 2.14 bits per heavy atom. The summed E-state index contributed by atoms with van der Waals surface area (Å²) in [4.78, 5) is 51.0. The van der Waals surface area contributed by atoms with Crippen LogP contribution in [0.4, 0.5) is 11.5 Å². The molecule has 268 valence electrons. The lowest BCUT2D eigenvalue weighted by Gasteiger charge is -2.28. The summed E-state index contributed by atoms with van der Waals surface area (Å²) in [6, 6.07) is 12.3. The monoisotopic (exact) mass is 682 g/mol. The van der Waals surface area contributed by atoms with Crippen molar-refractivity contribution in [3.63, 3.8) is 0 Å². The second-order valence-corrected chi connectivity index (χ2v) is 12.6. The van der Waals surface area contributed by atoms with Gasteiger partial charge in [0.15, 0.2) is 5.82 Å². The van der Waals surface area contributed by atoms with Crippen LogP contribution in [0.15, 0.2) is 53.5 Å². The van der Waals surface area contributed by atoms with E-state index >= 15 is 0 Å². The van der Waals surface area contributed by atoms with Crippen LogP contribution in [-0.4, -0.2) is 81.6 Å². The van der Waals surface area contributed by atoms with Crippen LogP contribution in [0.2, 0.25) is 0 Å². The van der Waals surface area contributed by atoms with Gasteiger partial charge in [0.1, 0.15) is 18.1 Å². The largest absolute Gasteiger partial charge is 0.493 e. The molecule has 0 radical (unpaired) electrons. The van der Waals surface area contributed by atoms with Crippen molar-refractivity contribution < 1.29 is 29.3 Å². The van der Waals surface area contributed by atoms with E-state index < -0.39 is 17.5 Å². The van der Waals surface area contributed by atoms with E-state index in [1.165, 1.54) is 4.57 Å². The van der Waals surface area contributed by atoms with Crippen LogP contribution in [0.5, 0.6) is 5.75 Å². The summed E-state index contributed by atoms with van der Waals surface area (Å²) in [6.07, 6.45) is 1.56. The summed E-state index contributed by atoms with van der Waals surface area (Å²) in [5.41, 5.74) is 14.2. The second kappa shape index (κ2) is 19.4. The van der Waals surface area contributed by atoms with Gasteiger partial charge >= 0.3 is 0 Å². The molecule has 49 heavy (non-hydrogen) atoms. The number of hydrogen-bond donors (Lipinski definition) is 7. The number of carboxylic acids is 2. The lowest BCUT2D eigenvalue weighted by atomic mass is 9.94. The molecule has 0 spiro atoms. The van der Waals surface area contributed by atoms with E-state index in [-0.39, 0.29) is 42.1 Å². The Morgan fingerprint density at radius 1 is 1.06 bits per heavy atom. The van der Waals surface area contributed by atoms with Crippen LogP contribution in [0, 0.1) is 10.8 Å². The smallest absolute Gasteiger partial charge is 0.300 e. The highest BCUT2D eigenvalue weighted by Crippen LogP contribution is 2.28. The fourth-order valence-electron chi connectivity index (χ4n) is 4.48. The number of nitrogens with zero attached hydrogens (tertiary/aromatic N) is 3. The fraction of sp³-hybridized carbons (Fsp3) is 0.412. The third kappa shape index (κ3) is 16.3. The van der Waals surface area contributed by atoms with E-state index in [9.17, 15) is 9.59 Å². The van der Waals surface area contributed by atoms with Crippen LogP contribution in [-0.2, 0) is 27.5 Å². The number of amides is 1. The van der Waals surface area contributed by atoms with Crippen LogP contribution >= 0.6 is 0 Å². The van der Waals surface area contributed by atoms with E-state index in [1.807, 2.05) is 27.9 Å². The van der Waals surface area contributed by atoms with Gasteiger partial charge in [0.05, 0.1) is 18.5 Å². The summed E-state index contributed by atoms with van der Waals surface area (Å²) >= 11 is 0. The van der Waals surface area contributed by atoms with Gasteiger partial charge in [-0.2, -0.15) is 0 Å². The van der Waals surface area contributed by atoms with E-state index in [1.54, 1.807) is 48.7 Å². The minimum atomic E-state index is -0.833. The molecule has 0 bridgehead atoms. The highest BCUT2D eigenvalue weighted by Gasteiger charge is 2.21. The zero-order chi connectivity index (χ0) is 37.5. The van der Waals surface area contributed by atoms with E-state index in [0.717, 1.165) is 26.0 Å². The standard InChI is InChI=1S/C30H42N8O3.2C2H4O2/c1-19(2)36-28-29(40)38(16-26(39)34-14-20-7-9-21(10-8-20)27(32)33)25(15-35-28)22-11-23(31)13-24(12-22)41-18-30(3,4)17-37(5)6;2*1-2(3)4/h7-13,15,19H,14,16-18,31H2,1-6H3,(H3,32,33)(H,34,39)(H,35,36);2*1H3,(H,3,4). The molecule has 15 nitrogen and oxygen atoms in total. The number of anilines is 2. The maximum atomic E-state index is 13.5. The summed E-state index contributed by atoms with van der Waals surface area (Å²) < 4.78 is 7.52. The summed E-state index contributed by atoms with van der Waals surface area (Å²) in [6.45, 7) is 11.6. The van der Waals surface area contributed by atoms with Gasteiger partial charge < -0.3 is 42.0 Å². The minimum Gasteiger partial charge on any atom is -0.493 e. The molecule has 1 aromatic heterocycles. The number of carbonyl (C=O) groups excluding carboxylic acids is 1. The fourth-order valence-corrected chi connectivity index (χ4v) is 4.48. The van der Waals surface area contributed by atoms with Gasteiger partial charge in [-0.3, -0.25) is 29.2 Å². The van der Waals surface area contributed by atoms with Crippen molar-refractivity contribution in [3.8, 4) is 17.0 Å². The van der Waals surface area contributed by atoms with Crippen molar-refractivity contribution in [2.75, 3.05) is 38.3 Å². The predicted molar refractivity (Wildman–Crippen MR) is 191 cm³/mol. The topological polar surface area (TPSA) is 239 Å². The molecule has 0 aliphatic rings. The summed E-state index contributed by atoms with van der Waals surface area (Å²) in [7, 11) is 4.04. The maximum Gasteiger partial charge on any atom is 0.300 e. The van der Waals surface area contributed by atoms with Gasteiger partial charge in [0.25, 0.3) is 17.5 Å². The number of carbonyl (C=O) groups is 3. The Balaban J connectivity index is 0.00000135. The van der Waals surface area contributed by atoms with Crippen LogP contribution in [0.1, 0.15) is 52.7 Å². The zero-order valence-corrected chi connectivity index (χ0v) is 29.5. The first kappa shape index (κ1) is 41.6. The molecule has 1 heterocycles. The Morgan fingerprint density at radius 2 is 1.63 bits per heavy atom. The average Bonchev–Trinajstić information content (AvgIpc) is 2.96. The number of nitrogens with one attached hydrogen (secondary N) is 3. The number of hydrogen-bond acceptors (Lipinski definition) is 10. The van der Waals surface area contributed by atoms with Crippen LogP contribution in [0.25, 0.3) is 11.3 Å². The van der Waals surface area contributed by atoms with Gasteiger partial charge in [-0.15, -0.1) is 0 Å². The number of rotatable bonds is 13. The predicted octanol–water partition coefficient (Wildman–Crippen LogP) is 3.06. The number of aliphatic carboxylic acids is 2. The summed E-state index contributed by atoms with van der Waals surface area (Å²) in [5, 5.41) is 28.3. The number of benzene rings is 2. The molecule has 0 aliphatic carbocycles. The molecule has 15 heteroatoms. The van der Waals surface area contributed by atoms with Gasteiger partial charge in [0, 0.05) is 61.3 Å². The Labute approximate surface area is 286 Å². The van der Waals surface area contributed by atoms with Crippen LogP contribution < -0.4 is 32.4 Å². The molecule has 3 aromatic rings. The van der Waals surface area contributed by atoms with Gasteiger partial charge in [-0.05, 0) is 45.6 Å². The highest BCUT2D eigenvalue weighted by molar-refractivity contribution is 5.94. The van der Waals surface area contributed by atoms with Crippen LogP contribution in [0.3, 0.4) is 0 Å². The molecule has 1 amide bonds. The molecular weight excluding hydrogens is 632 g/mol. The average molecular weight is 683 g/mol. The molecule has 0 atom stereocenters. The quantitative estimate of drug-likeness (QED) is 0.0782. The number of amidine groups is 1. The highest BCUT2D eigenvalue weighted by atomic mass is 16.5. The lowest BCUT2D eigenvalue weighted by molar-refractivity contribution is -0.135. The number of nitrogen functional groups attached to an aromatic ring is 2. The summed E-state index contributed by atoms with van der Waals surface area (Å²) in [5.74, 6) is -1.32. The van der Waals surface area contributed by atoms with Gasteiger partial charge in [0.2, 0.25) is 5.91 Å². The molecule has 0 saturated heterocycles. The van der Waals surface area contributed by atoms with Crippen molar-refractivity contribution in [1.29, 1.82) is 5.41 Å². The first-order chi connectivity index (χ1) is 22.7. The van der Waals surface area contributed by atoms with E-state index in [4.69, 9.17) is 41.4 Å². The Bertz CT molecular complexity index is 1610. The number of aromatic nitrogens is 2. The van der Waals surface area contributed by atoms with Gasteiger partial charge in [-0.1, -0.05) is 38.1 Å². The molecule has 0 saturated carbocycles.